The summed E-state index contributed by atoms with van der Waals surface area (Å²) in [5.74, 6) is 0.841. The summed E-state index contributed by atoms with van der Waals surface area (Å²) in [4.78, 5) is 29.7. The van der Waals surface area contributed by atoms with Gasteiger partial charge in [0, 0.05) is 25.4 Å². The van der Waals surface area contributed by atoms with E-state index in [4.69, 9.17) is 5.11 Å². The van der Waals surface area contributed by atoms with Crippen LogP contribution in [0.25, 0.3) is 0 Å². The van der Waals surface area contributed by atoms with Crippen molar-refractivity contribution in [2.24, 2.45) is 5.92 Å². The first-order valence-corrected chi connectivity index (χ1v) is 8.66. The van der Waals surface area contributed by atoms with Crippen LogP contribution >= 0.6 is 0 Å². The molecule has 2 unspecified atom stereocenters. The number of hydrogen-bond acceptors (Lipinski definition) is 4. The molecular weight excluding hydrogens is 310 g/mol. The van der Waals surface area contributed by atoms with Gasteiger partial charge in [0.05, 0.1) is 18.5 Å². The van der Waals surface area contributed by atoms with Gasteiger partial charge in [-0.3, -0.25) is 4.79 Å². The van der Waals surface area contributed by atoms with Crippen molar-refractivity contribution in [3.63, 3.8) is 0 Å². The summed E-state index contributed by atoms with van der Waals surface area (Å²) in [6.45, 7) is 5.66. The Balaban J connectivity index is 1.58. The van der Waals surface area contributed by atoms with Gasteiger partial charge in [-0.1, -0.05) is 13.8 Å². The molecule has 3 rings (SSSR count). The Morgan fingerprint density at radius 2 is 2.08 bits per heavy atom. The van der Waals surface area contributed by atoms with Crippen molar-refractivity contribution in [3.8, 4) is 0 Å². The zero-order valence-electron chi connectivity index (χ0n) is 14.2. The van der Waals surface area contributed by atoms with Gasteiger partial charge in [-0.15, -0.1) is 0 Å². The second kappa shape index (κ2) is 6.78. The molecular formula is C16H25N5O3. The standard InChI is InChI=1S/C16H25N5O3/c1-10(2)14-18-13-6-5-12(9-21(13)19-14)17-16(24)20-7-3-4-11(8-20)15(22)23/h10-12H,3-9H2,1-2H3,(H,17,24)(H,22,23). The Bertz CT molecular complexity index is 627. The molecule has 1 aromatic rings. The molecule has 0 saturated carbocycles. The van der Waals surface area contributed by atoms with Crippen molar-refractivity contribution >= 4 is 12.0 Å². The number of rotatable bonds is 3. The average molecular weight is 335 g/mol. The number of aryl methyl sites for hydroxylation is 1. The molecule has 2 amide bonds. The normalized spacial score (nSPS) is 23.9. The van der Waals surface area contributed by atoms with Crippen molar-refractivity contribution in [2.75, 3.05) is 13.1 Å². The molecule has 1 fully saturated rings. The molecule has 0 aliphatic carbocycles. The number of carbonyl (C=O) groups is 2. The van der Waals surface area contributed by atoms with Gasteiger partial charge in [0.1, 0.15) is 5.82 Å². The molecule has 0 radical (unpaired) electrons. The number of aromatic nitrogens is 3. The van der Waals surface area contributed by atoms with E-state index in [0.717, 1.165) is 30.9 Å². The molecule has 0 bridgehead atoms. The van der Waals surface area contributed by atoms with Gasteiger partial charge in [-0.2, -0.15) is 5.10 Å². The number of carboxylic acid groups (broad SMARTS) is 1. The van der Waals surface area contributed by atoms with E-state index in [1.807, 2.05) is 4.68 Å². The molecule has 24 heavy (non-hydrogen) atoms. The number of carbonyl (C=O) groups excluding carboxylic acids is 1. The van der Waals surface area contributed by atoms with E-state index in [0.29, 0.717) is 26.1 Å². The van der Waals surface area contributed by atoms with E-state index in [9.17, 15) is 9.59 Å². The molecule has 0 spiro atoms. The Morgan fingerprint density at radius 1 is 1.29 bits per heavy atom. The minimum atomic E-state index is -0.821. The summed E-state index contributed by atoms with van der Waals surface area (Å²) in [6.07, 6.45) is 3.00. The monoisotopic (exact) mass is 335 g/mol. The van der Waals surface area contributed by atoms with Gasteiger partial charge in [0.15, 0.2) is 5.82 Å². The summed E-state index contributed by atoms with van der Waals surface area (Å²) in [7, 11) is 0. The van der Waals surface area contributed by atoms with Crippen LogP contribution in [0.15, 0.2) is 0 Å². The van der Waals surface area contributed by atoms with Gasteiger partial charge < -0.3 is 15.3 Å². The van der Waals surface area contributed by atoms with E-state index in [1.165, 1.54) is 0 Å². The topological polar surface area (TPSA) is 100 Å². The van der Waals surface area contributed by atoms with E-state index in [-0.39, 0.29) is 18.0 Å². The fraction of sp³-hybridized carbons (Fsp3) is 0.750. The lowest BCUT2D eigenvalue weighted by Gasteiger charge is -2.33. The predicted octanol–water partition coefficient (Wildman–Crippen LogP) is 1.22. The zero-order chi connectivity index (χ0) is 17.3. The fourth-order valence-electron chi connectivity index (χ4n) is 3.32. The number of likely N-dealkylation sites (tertiary alicyclic amines) is 1. The van der Waals surface area contributed by atoms with Crippen molar-refractivity contribution in [1.29, 1.82) is 0 Å². The van der Waals surface area contributed by atoms with E-state index < -0.39 is 11.9 Å². The SMILES string of the molecule is CC(C)c1nc2n(n1)CC(NC(=O)N1CCCC(C(=O)O)C1)CC2. The molecule has 8 heteroatoms. The number of hydrogen-bond donors (Lipinski definition) is 2. The summed E-state index contributed by atoms with van der Waals surface area (Å²) >= 11 is 0. The van der Waals surface area contributed by atoms with Crippen molar-refractivity contribution in [2.45, 2.75) is 58.0 Å². The smallest absolute Gasteiger partial charge is 0.317 e. The first kappa shape index (κ1) is 16.7. The number of fused-ring (bicyclic) bond motifs is 1. The quantitative estimate of drug-likeness (QED) is 0.865. The van der Waals surface area contributed by atoms with Gasteiger partial charge in [0.25, 0.3) is 0 Å². The lowest BCUT2D eigenvalue weighted by Crippen LogP contribution is -2.51. The third-order valence-electron chi connectivity index (χ3n) is 4.78. The highest BCUT2D eigenvalue weighted by Gasteiger charge is 2.30. The van der Waals surface area contributed by atoms with E-state index in [1.54, 1.807) is 4.90 Å². The first-order valence-electron chi connectivity index (χ1n) is 8.66. The molecule has 2 aliphatic heterocycles. The van der Waals surface area contributed by atoms with Gasteiger partial charge in [-0.25, -0.2) is 14.5 Å². The fourth-order valence-corrected chi connectivity index (χ4v) is 3.32. The highest BCUT2D eigenvalue weighted by molar-refractivity contribution is 5.76. The molecule has 2 atom stereocenters. The molecule has 2 aliphatic rings. The van der Waals surface area contributed by atoms with E-state index >= 15 is 0 Å². The maximum atomic E-state index is 12.4. The third kappa shape index (κ3) is 3.52. The van der Waals surface area contributed by atoms with E-state index in [2.05, 4.69) is 29.2 Å². The number of nitrogens with zero attached hydrogens (tertiary/aromatic N) is 4. The molecule has 3 heterocycles. The molecule has 2 N–H and O–H groups in total. The average Bonchev–Trinajstić information content (AvgIpc) is 2.98. The van der Waals surface area contributed by atoms with Crippen LogP contribution in [0, 0.1) is 5.92 Å². The number of nitrogens with one attached hydrogen (secondary N) is 1. The van der Waals surface area contributed by atoms with Gasteiger partial charge in [-0.05, 0) is 19.3 Å². The van der Waals surface area contributed by atoms with Crippen LogP contribution in [0.4, 0.5) is 4.79 Å². The van der Waals surface area contributed by atoms with Gasteiger partial charge in [0.2, 0.25) is 0 Å². The maximum Gasteiger partial charge on any atom is 0.317 e. The summed E-state index contributed by atoms with van der Waals surface area (Å²) < 4.78 is 1.89. The minimum Gasteiger partial charge on any atom is -0.481 e. The van der Waals surface area contributed by atoms with Crippen LogP contribution in [0.2, 0.25) is 0 Å². The predicted molar refractivity (Wildman–Crippen MR) is 86.7 cm³/mol. The number of piperidine rings is 1. The zero-order valence-corrected chi connectivity index (χ0v) is 14.2. The summed E-state index contributed by atoms with van der Waals surface area (Å²) in [5, 5.41) is 16.7. The largest absolute Gasteiger partial charge is 0.481 e. The molecule has 0 aromatic carbocycles. The molecule has 1 aromatic heterocycles. The second-order valence-electron chi connectivity index (χ2n) is 7.03. The van der Waals surface area contributed by atoms with Crippen molar-refractivity contribution in [3.05, 3.63) is 11.6 Å². The molecule has 1 saturated heterocycles. The van der Waals surface area contributed by atoms with Crippen molar-refractivity contribution < 1.29 is 14.7 Å². The molecule has 8 nitrogen and oxygen atoms in total. The second-order valence-corrected chi connectivity index (χ2v) is 7.03. The number of aliphatic carboxylic acids is 1. The highest BCUT2D eigenvalue weighted by atomic mass is 16.4. The molecule has 132 valence electrons. The number of amides is 2. The lowest BCUT2D eigenvalue weighted by atomic mass is 9.98. The van der Waals surface area contributed by atoms with Crippen molar-refractivity contribution in [1.82, 2.24) is 25.0 Å². The van der Waals surface area contributed by atoms with Crippen LogP contribution in [-0.2, 0) is 17.8 Å². The Labute approximate surface area is 141 Å². The minimum absolute atomic E-state index is 0.0110. The third-order valence-corrected chi connectivity index (χ3v) is 4.78. The van der Waals surface area contributed by atoms with Gasteiger partial charge >= 0.3 is 12.0 Å². The summed E-state index contributed by atoms with van der Waals surface area (Å²) in [6, 6.07) is -0.157. The van der Waals surface area contributed by atoms with Crippen LogP contribution < -0.4 is 5.32 Å². The Hall–Kier alpha value is -2.12. The number of carboxylic acids is 1. The summed E-state index contributed by atoms with van der Waals surface area (Å²) in [5.41, 5.74) is 0. The maximum absolute atomic E-state index is 12.4. The first-order chi connectivity index (χ1) is 11.4. The Kier molecular flexibility index (Phi) is 4.73. The highest BCUT2D eigenvalue weighted by Crippen LogP contribution is 2.19. The van der Waals surface area contributed by atoms with Crippen LogP contribution in [-0.4, -0.2) is 55.9 Å². The Morgan fingerprint density at radius 3 is 2.79 bits per heavy atom. The lowest BCUT2D eigenvalue weighted by molar-refractivity contribution is -0.143. The van der Waals surface area contributed by atoms with Crippen LogP contribution in [0.3, 0.4) is 0 Å². The number of urea groups is 1. The van der Waals surface area contributed by atoms with Crippen LogP contribution in [0.1, 0.15) is 50.7 Å². The van der Waals surface area contributed by atoms with Crippen LogP contribution in [0.5, 0.6) is 0 Å².